The number of amides is 4. The van der Waals surface area contributed by atoms with Crippen LogP contribution in [0, 0.1) is 0 Å². The summed E-state index contributed by atoms with van der Waals surface area (Å²) >= 11 is 0. The van der Waals surface area contributed by atoms with Crippen molar-refractivity contribution >= 4 is 68.1 Å². The summed E-state index contributed by atoms with van der Waals surface area (Å²) < 4.78 is 5.40. The third kappa shape index (κ3) is 10.1. The third-order valence-corrected chi connectivity index (χ3v) is 11.3. The SMILES string of the molecule is CC(=O)N(C)[C@@H](Cc1c[nH]c2ccccc12)C(=O)N[C@@H](CSSC(C)(C)C)C(=O)N1CCC[C@H]1C(=O)OC(C)(C)C(=O)N[C@@H](C)C(=O)O. The molecule has 0 aliphatic carbocycles. The Balaban J connectivity index is 1.84. The number of H-pyrrole nitrogens is 1. The Morgan fingerprint density at radius 2 is 1.77 bits per heavy atom. The number of nitrogens with zero attached hydrogens (tertiary/aromatic N) is 2. The second-order valence-corrected chi connectivity index (χ2v) is 16.6. The highest BCUT2D eigenvalue weighted by Crippen LogP contribution is 2.36. The number of esters is 1. The van der Waals surface area contributed by atoms with Crippen LogP contribution in [0.5, 0.6) is 0 Å². The van der Waals surface area contributed by atoms with E-state index in [9.17, 15) is 28.8 Å². The van der Waals surface area contributed by atoms with Crippen molar-refractivity contribution < 1.29 is 38.6 Å². The lowest BCUT2D eigenvalue weighted by atomic mass is 10.0. The maximum absolute atomic E-state index is 14.1. The number of para-hydroxylation sites is 1. The summed E-state index contributed by atoms with van der Waals surface area (Å²) in [5, 5.41) is 15.3. The minimum Gasteiger partial charge on any atom is -0.480 e. The van der Waals surface area contributed by atoms with Crippen LogP contribution in [0.25, 0.3) is 10.9 Å². The monoisotopic (exact) mass is 705 g/mol. The number of hydrogen-bond donors (Lipinski definition) is 4. The average molecular weight is 706 g/mol. The fraction of sp³-hybridized carbons (Fsp3) is 0.576. The number of aromatic amines is 1. The number of fused-ring (bicyclic) bond motifs is 1. The van der Waals surface area contributed by atoms with Gasteiger partial charge in [-0.3, -0.25) is 24.0 Å². The number of carbonyl (C=O) groups excluding carboxylic acids is 5. The molecule has 13 nitrogen and oxygen atoms in total. The molecule has 4 N–H and O–H groups in total. The van der Waals surface area contributed by atoms with Crippen LogP contribution in [-0.4, -0.2) is 109 Å². The average Bonchev–Trinajstić information content (AvgIpc) is 3.65. The van der Waals surface area contributed by atoms with Crippen LogP contribution in [0.2, 0.25) is 0 Å². The van der Waals surface area contributed by atoms with Crippen molar-refractivity contribution in [2.24, 2.45) is 0 Å². The molecule has 48 heavy (non-hydrogen) atoms. The lowest BCUT2D eigenvalue weighted by Crippen LogP contribution is -2.58. The van der Waals surface area contributed by atoms with Crippen molar-refractivity contribution in [2.45, 2.75) is 102 Å². The van der Waals surface area contributed by atoms with Crippen molar-refractivity contribution in [2.75, 3.05) is 19.3 Å². The molecule has 1 aromatic heterocycles. The van der Waals surface area contributed by atoms with Gasteiger partial charge in [0, 0.05) is 54.5 Å². The Morgan fingerprint density at radius 3 is 2.40 bits per heavy atom. The Kier molecular flexibility index (Phi) is 13.0. The van der Waals surface area contributed by atoms with E-state index in [0.717, 1.165) is 16.5 Å². The Bertz CT molecular complexity index is 1520. The topological polar surface area (TPSA) is 178 Å². The van der Waals surface area contributed by atoms with Crippen LogP contribution in [0.4, 0.5) is 0 Å². The molecule has 15 heteroatoms. The van der Waals surface area contributed by atoms with E-state index in [-0.39, 0.29) is 35.8 Å². The van der Waals surface area contributed by atoms with Gasteiger partial charge in [-0.25, -0.2) is 4.79 Å². The lowest BCUT2D eigenvalue weighted by molar-refractivity contribution is -0.171. The summed E-state index contributed by atoms with van der Waals surface area (Å²) in [7, 11) is 4.51. The zero-order chi connectivity index (χ0) is 36.0. The number of hydrogen-bond acceptors (Lipinski definition) is 9. The molecule has 264 valence electrons. The predicted octanol–water partition coefficient (Wildman–Crippen LogP) is 3.12. The largest absolute Gasteiger partial charge is 0.480 e. The van der Waals surface area contributed by atoms with Gasteiger partial charge in [-0.05, 0) is 45.2 Å². The number of likely N-dealkylation sites (tertiary alicyclic amines) is 1. The molecule has 1 saturated heterocycles. The highest BCUT2D eigenvalue weighted by molar-refractivity contribution is 8.77. The van der Waals surface area contributed by atoms with Crippen LogP contribution in [0.3, 0.4) is 0 Å². The number of carbonyl (C=O) groups is 6. The van der Waals surface area contributed by atoms with E-state index in [4.69, 9.17) is 9.84 Å². The number of likely N-dealkylation sites (N-methyl/N-ethyl adjacent to an activating group) is 1. The zero-order valence-electron chi connectivity index (χ0n) is 28.7. The molecule has 0 spiro atoms. The summed E-state index contributed by atoms with van der Waals surface area (Å²) in [6.07, 6.45) is 2.79. The van der Waals surface area contributed by atoms with Gasteiger partial charge < -0.3 is 35.3 Å². The van der Waals surface area contributed by atoms with Crippen LogP contribution in [-0.2, 0) is 39.9 Å². The van der Waals surface area contributed by atoms with Gasteiger partial charge in [0.25, 0.3) is 5.91 Å². The van der Waals surface area contributed by atoms with E-state index in [1.165, 1.54) is 48.3 Å². The van der Waals surface area contributed by atoms with Gasteiger partial charge in [-0.15, -0.1) is 0 Å². The second kappa shape index (κ2) is 16.1. The van der Waals surface area contributed by atoms with Gasteiger partial charge in [0.15, 0.2) is 5.60 Å². The van der Waals surface area contributed by atoms with E-state index in [1.807, 2.05) is 51.2 Å². The predicted molar refractivity (Wildman–Crippen MR) is 186 cm³/mol. The van der Waals surface area contributed by atoms with Crippen LogP contribution < -0.4 is 10.6 Å². The van der Waals surface area contributed by atoms with E-state index in [0.29, 0.717) is 6.42 Å². The zero-order valence-corrected chi connectivity index (χ0v) is 30.4. The number of ether oxygens (including phenoxy) is 1. The molecule has 1 aromatic carbocycles. The fourth-order valence-corrected chi connectivity index (χ4v) is 7.59. The first-order valence-corrected chi connectivity index (χ1v) is 18.1. The van der Waals surface area contributed by atoms with Crippen LogP contribution in [0.1, 0.15) is 66.9 Å². The highest BCUT2D eigenvalue weighted by atomic mass is 33.1. The number of rotatable bonds is 14. The number of aliphatic carboxylic acids is 1. The molecule has 0 unspecified atom stereocenters. The molecular formula is C33H47N5O8S2. The molecular weight excluding hydrogens is 659 g/mol. The molecule has 0 radical (unpaired) electrons. The van der Waals surface area contributed by atoms with Crippen molar-refractivity contribution in [1.29, 1.82) is 0 Å². The Morgan fingerprint density at radius 1 is 1.10 bits per heavy atom. The van der Waals surface area contributed by atoms with Crippen molar-refractivity contribution in [3.8, 4) is 0 Å². The maximum Gasteiger partial charge on any atom is 0.329 e. The Hall–Kier alpha value is -3.72. The molecule has 4 atom stereocenters. The summed E-state index contributed by atoms with van der Waals surface area (Å²) in [6.45, 7) is 11.7. The highest BCUT2D eigenvalue weighted by Gasteiger charge is 2.43. The van der Waals surface area contributed by atoms with Gasteiger partial charge in [-0.1, -0.05) is 60.6 Å². The first-order valence-electron chi connectivity index (χ1n) is 15.8. The molecule has 2 heterocycles. The molecule has 4 amide bonds. The molecule has 1 aliphatic rings. The molecule has 3 rings (SSSR count). The van der Waals surface area contributed by atoms with Crippen LogP contribution in [0.15, 0.2) is 30.5 Å². The van der Waals surface area contributed by atoms with E-state index < -0.39 is 59.4 Å². The molecule has 1 aliphatic heterocycles. The molecule has 1 fully saturated rings. The fourth-order valence-electron chi connectivity index (χ4n) is 5.13. The first kappa shape index (κ1) is 38.7. The lowest BCUT2D eigenvalue weighted by Gasteiger charge is -2.32. The van der Waals surface area contributed by atoms with Gasteiger partial charge in [0.05, 0.1) is 0 Å². The number of carboxylic acids is 1. The summed E-state index contributed by atoms with van der Waals surface area (Å²) in [4.78, 5) is 83.8. The minimum atomic E-state index is -1.71. The molecule has 2 aromatic rings. The van der Waals surface area contributed by atoms with E-state index in [1.54, 1.807) is 17.8 Å². The standard InChI is InChI=1S/C33H47N5O8S2/c1-19(29(42)43)35-31(45)33(6,7)46-30(44)25-14-11-15-38(25)28(41)24(18-47-48-32(3,4)5)36-27(40)26(37(8)20(2)39)16-21-17-34-23-13-10-9-12-22(21)23/h9-10,12-13,17,19,24-26,34H,11,14-16,18H2,1-8H3,(H,35,45)(H,36,40)(H,42,43)/t19-,24-,25-,26-/m0/s1. The van der Waals surface area contributed by atoms with Gasteiger partial charge >= 0.3 is 11.9 Å². The smallest absolute Gasteiger partial charge is 0.329 e. The quantitative estimate of drug-likeness (QED) is 0.169. The first-order chi connectivity index (χ1) is 22.3. The number of aromatic nitrogens is 1. The number of nitrogens with one attached hydrogen (secondary N) is 3. The van der Waals surface area contributed by atoms with Crippen molar-refractivity contribution in [1.82, 2.24) is 25.4 Å². The Labute approximate surface area is 289 Å². The van der Waals surface area contributed by atoms with Crippen molar-refractivity contribution in [3.05, 3.63) is 36.0 Å². The molecule has 0 saturated carbocycles. The minimum absolute atomic E-state index is 0.140. The van der Waals surface area contributed by atoms with Gasteiger partial charge in [0.2, 0.25) is 17.7 Å². The van der Waals surface area contributed by atoms with E-state index >= 15 is 0 Å². The summed E-state index contributed by atoms with van der Waals surface area (Å²) in [5.74, 6) is -3.97. The van der Waals surface area contributed by atoms with Gasteiger partial charge in [-0.2, -0.15) is 0 Å². The van der Waals surface area contributed by atoms with E-state index in [2.05, 4.69) is 15.6 Å². The summed E-state index contributed by atoms with van der Waals surface area (Å²) in [5.41, 5.74) is 0.0219. The van der Waals surface area contributed by atoms with Crippen molar-refractivity contribution in [3.63, 3.8) is 0 Å². The number of benzene rings is 1. The maximum atomic E-state index is 14.1. The normalized spacial score (nSPS) is 16.9. The second-order valence-electron chi connectivity index (χ2n) is 13.4. The number of carboxylic acid groups (broad SMARTS) is 1. The molecule has 0 bridgehead atoms. The third-order valence-electron chi connectivity index (χ3n) is 7.94. The summed E-state index contributed by atoms with van der Waals surface area (Å²) in [6, 6.07) is 3.47. The van der Waals surface area contributed by atoms with Crippen LogP contribution >= 0.6 is 21.6 Å². The van der Waals surface area contributed by atoms with Gasteiger partial charge in [0.1, 0.15) is 24.2 Å².